The molecule has 0 aliphatic heterocycles. The van der Waals surface area contributed by atoms with Gasteiger partial charge in [0.05, 0.1) is 5.56 Å². The van der Waals surface area contributed by atoms with Gasteiger partial charge in [0.2, 0.25) is 0 Å². The maximum absolute atomic E-state index is 12.7. The van der Waals surface area contributed by atoms with Crippen molar-refractivity contribution in [1.82, 2.24) is 4.90 Å². The number of carboxylic acid groups (broad SMARTS) is 1. The zero-order valence-electron chi connectivity index (χ0n) is 11.5. The van der Waals surface area contributed by atoms with Crippen LogP contribution in [0.3, 0.4) is 0 Å². The first-order valence-corrected chi connectivity index (χ1v) is 7.30. The molecule has 1 N–H and O–H groups in total. The van der Waals surface area contributed by atoms with E-state index in [1.54, 1.807) is 31.2 Å². The monoisotopic (exact) mass is 293 g/mol. The van der Waals surface area contributed by atoms with E-state index in [0.29, 0.717) is 10.5 Å². The van der Waals surface area contributed by atoms with E-state index in [1.165, 1.54) is 4.90 Å². The Kier molecular flexibility index (Phi) is 4.70. The quantitative estimate of drug-likeness (QED) is 0.839. The van der Waals surface area contributed by atoms with Gasteiger partial charge in [0.15, 0.2) is 0 Å². The Morgan fingerprint density at radius 3 is 2.45 bits per heavy atom. The summed E-state index contributed by atoms with van der Waals surface area (Å²) in [5, 5.41) is 9.26. The van der Waals surface area contributed by atoms with Crippen LogP contribution in [-0.2, 0) is 4.79 Å². The molecule has 0 saturated heterocycles. The lowest BCUT2D eigenvalue weighted by atomic mass is 10.1. The normalized spacial score (nSPS) is 16.9. The number of benzene rings is 1. The molecule has 0 aromatic heterocycles. The molecule has 0 spiro atoms. The average molecular weight is 293 g/mol. The molecule has 1 aromatic rings. The summed E-state index contributed by atoms with van der Waals surface area (Å²) >= 11 is 4.30. The summed E-state index contributed by atoms with van der Waals surface area (Å²) < 4.78 is 0. The molecule has 1 atom stereocenters. The van der Waals surface area contributed by atoms with Crippen molar-refractivity contribution in [1.29, 1.82) is 0 Å². The number of nitrogens with zero attached hydrogens (tertiary/aromatic N) is 1. The van der Waals surface area contributed by atoms with Gasteiger partial charge in [-0.25, -0.2) is 4.79 Å². The Morgan fingerprint density at radius 1 is 1.30 bits per heavy atom. The fourth-order valence-electron chi connectivity index (χ4n) is 2.75. The molecule has 4 nitrogen and oxygen atoms in total. The maximum atomic E-state index is 12.7. The van der Waals surface area contributed by atoms with Crippen LogP contribution < -0.4 is 0 Å². The summed E-state index contributed by atoms with van der Waals surface area (Å²) in [4.78, 5) is 26.1. The number of carboxylic acids is 1. The fraction of sp³-hybridized carbons (Fsp3) is 0.467. The SMILES string of the molecule is C[C@@H](C(=O)O)N(C(=O)c1ccccc1S)C1CCCC1. The summed E-state index contributed by atoms with van der Waals surface area (Å²) in [6.45, 7) is 1.57. The average Bonchev–Trinajstić information content (AvgIpc) is 2.93. The Bertz CT molecular complexity index is 512. The molecular formula is C15H19NO3S. The molecule has 1 saturated carbocycles. The van der Waals surface area contributed by atoms with Gasteiger partial charge in [0, 0.05) is 10.9 Å². The highest BCUT2D eigenvalue weighted by Gasteiger charge is 2.34. The maximum Gasteiger partial charge on any atom is 0.326 e. The molecular weight excluding hydrogens is 274 g/mol. The smallest absolute Gasteiger partial charge is 0.326 e. The highest BCUT2D eigenvalue weighted by atomic mass is 32.1. The first kappa shape index (κ1) is 14.9. The van der Waals surface area contributed by atoms with Crippen LogP contribution in [0.5, 0.6) is 0 Å². The number of hydrogen-bond donors (Lipinski definition) is 2. The third kappa shape index (κ3) is 2.98. The minimum absolute atomic E-state index is 0.0153. The minimum atomic E-state index is -0.970. The summed E-state index contributed by atoms with van der Waals surface area (Å²) in [5.41, 5.74) is 0.468. The van der Waals surface area contributed by atoms with Crippen LogP contribution >= 0.6 is 12.6 Å². The van der Waals surface area contributed by atoms with E-state index >= 15 is 0 Å². The zero-order valence-corrected chi connectivity index (χ0v) is 12.3. The Morgan fingerprint density at radius 2 is 1.90 bits per heavy atom. The van der Waals surface area contributed by atoms with Gasteiger partial charge in [0.25, 0.3) is 5.91 Å². The molecule has 20 heavy (non-hydrogen) atoms. The molecule has 1 aliphatic carbocycles. The summed E-state index contributed by atoms with van der Waals surface area (Å²) in [7, 11) is 0. The van der Waals surface area contributed by atoms with Gasteiger partial charge in [-0.05, 0) is 31.9 Å². The van der Waals surface area contributed by atoms with Crippen molar-refractivity contribution < 1.29 is 14.7 Å². The van der Waals surface area contributed by atoms with Crippen molar-refractivity contribution in [3.8, 4) is 0 Å². The van der Waals surface area contributed by atoms with Crippen molar-refractivity contribution in [2.45, 2.75) is 49.6 Å². The Labute approximate surface area is 124 Å². The molecule has 5 heteroatoms. The predicted molar refractivity (Wildman–Crippen MR) is 79.2 cm³/mol. The van der Waals surface area contributed by atoms with E-state index in [9.17, 15) is 14.7 Å². The molecule has 0 unspecified atom stereocenters. The number of aliphatic carboxylic acids is 1. The molecule has 0 bridgehead atoms. The van der Waals surface area contributed by atoms with Crippen molar-refractivity contribution in [3.05, 3.63) is 29.8 Å². The largest absolute Gasteiger partial charge is 0.480 e. The number of amides is 1. The van der Waals surface area contributed by atoms with E-state index in [0.717, 1.165) is 25.7 Å². The highest BCUT2D eigenvalue weighted by molar-refractivity contribution is 7.80. The van der Waals surface area contributed by atoms with E-state index in [4.69, 9.17) is 0 Å². The lowest BCUT2D eigenvalue weighted by Gasteiger charge is -2.32. The fourth-order valence-corrected chi connectivity index (χ4v) is 3.01. The van der Waals surface area contributed by atoms with Crippen molar-refractivity contribution >= 4 is 24.5 Å². The van der Waals surface area contributed by atoms with Gasteiger partial charge in [0.1, 0.15) is 6.04 Å². The van der Waals surface area contributed by atoms with Gasteiger partial charge < -0.3 is 10.0 Å². The van der Waals surface area contributed by atoms with Crippen LogP contribution in [0, 0.1) is 0 Å². The molecule has 0 radical (unpaired) electrons. The van der Waals surface area contributed by atoms with Crippen LogP contribution in [0.15, 0.2) is 29.2 Å². The first-order chi connectivity index (χ1) is 9.52. The minimum Gasteiger partial charge on any atom is -0.480 e. The Balaban J connectivity index is 2.33. The van der Waals surface area contributed by atoms with E-state index in [-0.39, 0.29) is 11.9 Å². The third-order valence-corrected chi connectivity index (χ3v) is 4.25. The van der Waals surface area contributed by atoms with Crippen LogP contribution in [0.4, 0.5) is 0 Å². The number of thiol groups is 1. The van der Waals surface area contributed by atoms with Gasteiger partial charge in [-0.1, -0.05) is 25.0 Å². The lowest BCUT2D eigenvalue weighted by Crippen LogP contribution is -2.48. The van der Waals surface area contributed by atoms with E-state index in [2.05, 4.69) is 12.6 Å². The van der Waals surface area contributed by atoms with E-state index < -0.39 is 12.0 Å². The van der Waals surface area contributed by atoms with Gasteiger partial charge in [-0.2, -0.15) is 0 Å². The van der Waals surface area contributed by atoms with Crippen molar-refractivity contribution in [2.24, 2.45) is 0 Å². The number of carbonyl (C=O) groups is 2. The molecule has 1 amide bonds. The topological polar surface area (TPSA) is 57.6 Å². The molecule has 1 aromatic carbocycles. The van der Waals surface area contributed by atoms with Crippen LogP contribution in [0.25, 0.3) is 0 Å². The van der Waals surface area contributed by atoms with Crippen molar-refractivity contribution in [3.63, 3.8) is 0 Å². The highest BCUT2D eigenvalue weighted by Crippen LogP contribution is 2.28. The molecule has 1 aliphatic rings. The summed E-state index contributed by atoms with van der Waals surface area (Å²) in [6, 6.07) is 6.21. The second kappa shape index (κ2) is 6.31. The van der Waals surface area contributed by atoms with Crippen molar-refractivity contribution in [2.75, 3.05) is 0 Å². The molecule has 108 valence electrons. The summed E-state index contributed by atoms with van der Waals surface area (Å²) in [5.74, 6) is -1.21. The van der Waals surface area contributed by atoms with E-state index in [1.807, 2.05) is 0 Å². The standard InChI is InChI=1S/C15H19NO3S/c1-10(15(18)19)16(11-6-2-3-7-11)14(17)12-8-4-5-9-13(12)20/h4-5,8-11,20H,2-3,6-7H2,1H3,(H,18,19)/t10-/m0/s1. The predicted octanol–water partition coefficient (Wildman–Crippen LogP) is 2.83. The molecule has 1 fully saturated rings. The molecule has 0 heterocycles. The molecule has 2 rings (SSSR count). The van der Waals surface area contributed by atoms with Gasteiger partial charge in [-0.3, -0.25) is 4.79 Å². The zero-order chi connectivity index (χ0) is 14.7. The number of rotatable bonds is 4. The number of carbonyl (C=O) groups excluding carboxylic acids is 1. The Hall–Kier alpha value is -1.49. The lowest BCUT2D eigenvalue weighted by molar-refractivity contribution is -0.142. The van der Waals surface area contributed by atoms with Crippen LogP contribution in [0.2, 0.25) is 0 Å². The van der Waals surface area contributed by atoms with Crippen LogP contribution in [-0.4, -0.2) is 34.0 Å². The second-order valence-electron chi connectivity index (χ2n) is 5.18. The van der Waals surface area contributed by atoms with Gasteiger partial charge in [-0.15, -0.1) is 12.6 Å². The first-order valence-electron chi connectivity index (χ1n) is 6.86. The number of hydrogen-bond acceptors (Lipinski definition) is 3. The summed E-state index contributed by atoms with van der Waals surface area (Å²) in [6.07, 6.45) is 3.84. The van der Waals surface area contributed by atoms with Crippen LogP contribution in [0.1, 0.15) is 43.0 Å². The second-order valence-corrected chi connectivity index (χ2v) is 5.66. The third-order valence-electron chi connectivity index (χ3n) is 3.86. The van der Waals surface area contributed by atoms with Gasteiger partial charge >= 0.3 is 5.97 Å².